The smallest absolute Gasteiger partial charge is 0.0849 e. The Hall–Kier alpha value is -3.07. The van der Waals surface area contributed by atoms with Crippen LogP contribution in [0.15, 0.2) is 58.5 Å². The lowest BCUT2D eigenvalue weighted by atomic mass is 9.80. The van der Waals surface area contributed by atoms with Crippen LogP contribution in [-0.2, 0) is 10.8 Å². The van der Waals surface area contributed by atoms with Gasteiger partial charge < -0.3 is 0 Å². The molecular formula is C32H41N3. The minimum absolute atomic E-state index is 0.0530. The normalized spacial score (nSPS) is 13.3. The SMILES string of the molecule is CC(=Nc1cc(C(C)(C)C)cc(C(C)(C)C)c1)c1cccc(C(C)=Nc2c(C)cc(C)cc2C)n1. The first-order valence-corrected chi connectivity index (χ1v) is 12.5. The van der Waals surface area contributed by atoms with Gasteiger partial charge in [-0.25, -0.2) is 4.98 Å². The summed E-state index contributed by atoms with van der Waals surface area (Å²) < 4.78 is 0. The number of aliphatic imine (C=N–C) groups is 2. The van der Waals surface area contributed by atoms with Crippen LogP contribution < -0.4 is 0 Å². The van der Waals surface area contributed by atoms with Crippen LogP contribution in [-0.4, -0.2) is 16.4 Å². The Morgan fingerprint density at radius 2 is 1.11 bits per heavy atom. The molecule has 0 spiro atoms. The van der Waals surface area contributed by atoms with Gasteiger partial charge in [-0.2, -0.15) is 0 Å². The van der Waals surface area contributed by atoms with Crippen LogP contribution in [0.5, 0.6) is 0 Å². The number of nitrogens with zero attached hydrogens (tertiary/aromatic N) is 3. The molecule has 0 fully saturated rings. The molecule has 1 heterocycles. The summed E-state index contributed by atoms with van der Waals surface area (Å²) in [5.74, 6) is 0. The first-order valence-electron chi connectivity index (χ1n) is 12.5. The number of rotatable bonds is 4. The highest BCUT2D eigenvalue weighted by Gasteiger charge is 2.20. The van der Waals surface area contributed by atoms with Gasteiger partial charge in [-0.1, -0.05) is 71.4 Å². The minimum atomic E-state index is 0.0530. The van der Waals surface area contributed by atoms with Crippen molar-refractivity contribution in [1.82, 2.24) is 4.98 Å². The van der Waals surface area contributed by atoms with Gasteiger partial charge in [-0.3, -0.25) is 9.98 Å². The van der Waals surface area contributed by atoms with Crippen LogP contribution in [0, 0.1) is 20.8 Å². The zero-order valence-corrected chi connectivity index (χ0v) is 23.5. The Morgan fingerprint density at radius 3 is 1.57 bits per heavy atom. The Balaban J connectivity index is 2.02. The Labute approximate surface area is 212 Å². The van der Waals surface area contributed by atoms with Crippen molar-refractivity contribution >= 4 is 22.8 Å². The van der Waals surface area contributed by atoms with Crippen molar-refractivity contribution in [2.24, 2.45) is 9.98 Å². The lowest BCUT2D eigenvalue weighted by Gasteiger charge is -2.25. The molecule has 0 aliphatic carbocycles. The molecule has 3 nitrogen and oxygen atoms in total. The van der Waals surface area contributed by atoms with E-state index in [4.69, 9.17) is 15.0 Å². The lowest BCUT2D eigenvalue weighted by molar-refractivity contribution is 0.569. The summed E-state index contributed by atoms with van der Waals surface area (Å²) in [6.07, 6.45) is 0. The average molecular weight is 468 g/mol. The highest BCUT2D eigenvalue weighted by Crippen LogP contribution is 2.33. The molecule has 0 amide bonds. The lowest BCUT2D eigenvalue weighted by Crippen LogP contribution is -2.16. The van der Waals surface area contributed by atoms with E-state index in [1.54, 1.807) is 0 Å². The number of hydrogen-bond donors (Lipinski definition) is 0. The first-order chi connectivity index (χ1) is 16.1. The highest BCUT2D eigenvalue weighted by molar-refractivity contribution is 6.02. The molecule has 0 radical (unpaired) electrons. The second-order valence-electron chi connectivity index (χ2n) is 11.8. The van der Waals surface area contributed by atoms with Crippen LogP contribution >= 0.6 is 0 Å². The third-order valence-electron chi connectivity index (χ3n) is 6.35. The zero-order valence-electron chi connectivity index (χ0n) is 23.5. The summed E-state index contributed by atoms with van der Waals surface area (Å²) in [5.41, 5.74) is 11.9. The molecule has 184 valence electrons. The number of pyridine rings is 1. The van der Waals surface area contributed by atoms with Crippen molar-refractivity contribution in [3.8, 4) is 0 Å². The summed E-state index contributed by atoms with van der Waals surface area (Å²) in [6, 6.07) is 17.2. The molecule has 0 aliphatic rings. The molecule has 0 N–H and O–H groups in total. The fraction of sp³-hybridized carbons (Fsp3) is 0.406. The van der Waals surface area contributed by atoms with Crippen molar-refractivity contribution in [2.45, 2.75) is 87.0 Å². The Kier molecular flexibility index (Phi) is 7.50. The second-order valence-corrected chi connectivity index (χ2v) is 11.8. The molecule has 3 rings (SSSR count). The molecule has 35 heavy (non-hydrogen) atoms. The minimum Gasteiger partial charge on any atom is -0.251 e. The van der Waals surface area contributed by atoms with Gasteiger partial charge in [0.2, 0.25) is 0 Å². The molecule has 3 heteroatoms. The summed E-state index contributed by atoms with van der Waals surface area (Å²) >= 11 is 0. The van der Waals surface area contributed by atoms with Crippen molar-refractivity contribution in [2.75, 3.05) is 0 Å². The van der Waals surface area contributed by atoms with Gasteiger partial charge in [0, 0.05) is 0 Å². The van der Waals surface area contributed by atoms with Gasteiger partial charge in [-0.05, 0) is 92.0 Å². The van der Waals surface area contributed by atoms with Gasteiger partial charge in [-0.15, -0.1) is 0 Å². The maximum atomic E-state index is 5.01. The maximum absolute atomic E-state index is 5.01. The third-order valence-corrected chi connectivity index (χ3v) is 6.35. The van der Waals surface area contributed by atoms with E-state index in [0.29, 0.717) is 0 Å². The molecule has 0 aliphatic heterocycles. The summed E-state index contributed by atoms with van der Waals surface area (Å²) in [7, 11) is 0. The van der Waals surface area contributed by atoms with Crippen LogP contribution in [0.1, 0.15) is 94.6 Å². The van der Waals surface area contributed by atoms with E-state index in [0.717, 1.165) is 34.2 Å². The topological polar surface area (TPSA) is 37.6 Å². The fourth-order valence-electron chi connectivity index (χ4n) is 4.20. The van der Waals surface area contributed by atoms with Crippen LogP contribution in [0.2, 0.25) is 0 Å². The highest BCUT2D eigenvalue weighted by atomic mass is 14.8. The van der Waals surface area contributed by atoms with Crippen molar-refractivity contribution in [3.63, 3.8) is 0 Å². The maximum Gasteiger partial charge on any atom is 0.0849 e. The first kappa shape index (κ1) is 26.5. The standard InChI is InChI=1S/C32H41N3/c1-20-15-21(2)30(22(3)16-20)34-24(5)29-14-12-13-28(35-29)23(4)33-27-18-25(31(6,7)8)17-26(19-27)32(9,10)11/h12-19H,1-11H3. The third kappa shape index (κ3) is 6.54. The fourth-order valence-corrected chi connectivity index (χ4v) is 4.20. The molecule has 3 aromatic rings. The van der Waals surface area contributed by atoms with E-state index in [-0.39, 0.29) is 10.8 Å². The number of aryl methyl sites for hydroxylation is 3. The van der Waals surface area contributed by atoms with Gasteiger partial charge >= 0.3 is 0 Å². The van der Waals surface area contributed by atoms with E-state index >= 15 is 0 Å². The molecule has 0 bridgehead atoms. The molecule has 0 atom stereocenters. The van der Waals surface area contributed by atoms with Gasteiger partial charge in [0.1, 0.15) is 0 Å². The summed E-state index contributed by atoms with van der Waals surface area (Å²) in [6.45, 7) is 23.9. The number of aromatic nitrogens is 1. The zero-order chi connectivity index (χ0) is 26.1. The average Bonchev–Trinajstić information content (AvgIpc) is 2.74. The molecule has 0 saturated carbocycles. The van der Waals surface area contributed by atoms with Crippen molar-refractivity contribution in [3.05, 3.63) is 87.7 Å². The van der Waals surface area contributed by atoms with E-state index < -0.39 is 0 Å². The summed E-state index contributed by atoms with van der Waals surface area (Å²) in [5, 5.41) is 0. The number of hydrogen-bond acceptors (Lipinski definition) is 3. The van der Waals surface area contributed by atoms with Crippen LogP contribution in [0.4, 0.5) is 11.4 Å². The molecule has 0 unspecified atom stereocenters. The molecular weight excluding hydrogens is 426 g/mol. The Morgan fingerprint density at radius 1 is 0.657 bits per heavy atom. The van der Waals surface area contributed by atoms with E-state index in [9.17, 15) is 0 Å². The van der Waals surface area contributed by atoms with Gasteiger partial charge in [0.15, 0.2) is 0 Å². The van der Waals surface area contributed by atoms with Crippen molar-refractivity contribution in [1.29, 1.82) is 0 Å². The molecule has 2 aromatic carbocycles. The van der Waals surface area contributed by atoms with Gasteiger partial charge in [0.05, 0.1) is 34.2 Å². The van der Waals surface area contributed by atoms with E-state index in [1.807, 2.05) is 32.0 Å². The quantitative estimate of drug-likeness (QED) is 0.353. The van der Waals surface area contributed by atoms with E-state index in [1.165, 1.54) is 27.8 Å². The largest absolute Gasteiger partial charge is 0.251 e. The van der Waals surface area contributed by atoms with Crippen LogP contribution in [0.25, 0.3) is 0 Å². The number of benzene rings is 2. The molecule has 1 aromatic heterocycles. The van der Waals surface area contributed by atoms with Crippen LogP contribution in [0.3, 0.4) is 0 Å². The molecule has 0 saturated heterocycles. The Bertz CT molecular complexity index is 1240. The monoisotopic (exact) mass is 467 g/mol. The van der Waals surface area contributed by atoms with Crippen molar-refractivity contribution < 1.29 is 0 Å². The predicted octanol–water partition coefficient (Wildman–Crippen LogP) is 8.88. The summed E-state index contributed by atoms with van der Waals surface area (Å²) in [4.78, 5) is 14.9. The predicted molar refractivity (Wildman–Crippen MR) is 152 cm³/mol. The van der Waals surface area contributed by atoms with Gasteiger partial charge in [0.25, 0.3) is 0 Å². The van der Waals surface area contributed by atoms with E-state index in [2.05, 4.69) is 92.6 Å². The second kappa shape index (κ2) is 9.89.